The molecule has 26 heteroatoms. The van der Waals surface area contributed by atoms with Gasteiger partial charge in [-0.1, -0.05) is 23.2 Å². The van der Waals surface area contributed by atoms with Crippen LogP contribution in [-0.2, 0) is 29.1 Å². The standard InChI is InChI=1S/C19H17Cl2NO4.C15H18N6O6S.C8H14ClN5/c1-2-26-19(25)16(21)10-11-9-12(7-8-15(11)20)22-17(23)13-5-3-4-6-14(13)18(22)24;1-21(2)13(22)9-6-5-7-16-12(9)28(24,25)20-15(23)19-14-17-10(26-3)8-11(18-14)27-4;1-4-10-7-12-6(9)13-8(14-7)11-5(2)3/h7-10H,2-6H2,1H3;5-8H,1-4H3,(H2,17,18,19,20,23);5H,4H2,1-3H3,(H2,10,11,12,13,14)/b16-10-;;. The number of benzene rings is 1. The van der Waals surface area contributed by atoms with Crippen LogP contribution in [0.3, 0.4) is 0 Å². The number of aromatic nitrogens is 6. The molecule has 5 amide bonds. The van der Waals surface area contributed by atoms with Crippen LogP contribution in [0.5, 0.6) is 11.8 Å². The first-order valence-electron chi connectivity index (χ1n) is 20.6. The van der Waals surface area contributed by atoms with Crippen LogP contribution in [0.2, 0.25) is 10.3 Å². The van der Waals surface area contributed by atoms with Gasteiger partial charge in [-0.05, 0) is 107 Å². The Morgan fingerprint density at radius 1 is 0.882 bits per heavy atom. The van der Waals surface area contributed by atoms with Crippen LogP contribution in [0.1, 0.15) is 69.3 Å². The summed E-state index contributed by atoms with van der Waals surface area (Å²) in [6.07, 6.45) is 5.64. The summed E-state index contributed by atoms with van der Waals surface area (Å²) in [5, 5.41) is 8.00. The van der Waals surface area contributed by atoms with Crippen LogP contribution in [0.4, 0.5) is 28.3 Å². The van der Waals surface area contributed by atoms with Gasteiger partial charge in [0.2, 0.25) is 34.9 Å². The fraction of sp³-hybridized carbons (Fsp3) is 0.357. The summed E-state index contributed by atoms with van der Waals surface area (Å²) < 4.78 is 41.5. The van der Waals surface area contributed by atoms with E-state index in [0.717, 1.165) is 19.4 Å². The second kappa shape index (κ2) is 24.9. The number of rotatable bonds is 14. The molecule has 0 bridgehead atoms. The van der Waals surface area contributed by atoms with Crippen LogP contribution in [-0.4, -0.2) is 120 Å². The Morgan fingerprint density at radius 2 is 1.50 bits per heavy atom. The fourth-order valence-electron chi connectivity index (χ4n) is 6.04. The van der Waals surface area contributed by atoms with Crippen molar-refractivity contribution < 1.29 is 46.6 Å². The minimum absolute atomic E-state index is 0.0913. The molecular formula is C42H49Cl3N12O10S. The SMILES string of the molecule is CCNc1nc(Cl)nc(NC(C)C)n1.CCOC(=O)/C(Cl)=C/c1cc(N2C(=O)C3=C(CCCC3)C2=O)ccc1Cl.COc1cc(OC)nc(NC(=O)NS(=O)(=O)c2ncccc2C(=O)N(C)C)n1. The number of nitrogens with zero attached hydrogens (tertiary/aromatic N) is 8. The van der Waals surface area contributed by atoms with E-state index in [0.29, 0.717) is 52.2 Å². The zero-order chi connectivity index (χ0) is 50.3. The molecule has 6 rings (SSSR count). The largest absolute Gasteiger partial charge is 0.481 e. The highest BCUT2D eigenvalue weighted by atomic mass is 35.5. The average molecular weight is 1020 g/mol. The molecule has 4 aromatic rings. The highest BCUT2D eigenvalue weighted by Gasteiger charge is 2.40. The number of halogens is 3. The van der Waals surface area contributed by atoms with Gasteiger partial charge in [-0.2, -0.15) is 33.3 Å². The summed E-state index contributed by atoms with van der Waals surface area (Å²) in [6, 6.07) is 7.91. The van der Waals surface area contributed by atoms with E-state index < -0.39 is 33.0 Å². The van der Waals surface area contributed by atoms with Gasteiger partial charge in [-0.3, -0.25) is 19.7 Å². The summed E-state index contributed by atoms with van der Waals surface area (Å²) in [6.45, 7) is 8.60. The normalized spacial score (nSPS) is 13.3. The van der Waals surface area contributed by atoms with Crippen molar-refractivity contribution in [2.24, 2.45) is 0 Å². The topological polar surface area (TPSA) is 279 Å². The Bertz CT molecular complexity index is 2660. The Labute approximate surface area is 407 Å². The molecule has 0 saturated heterocycles. The lowest BCUT2D eigenvalue weighted by Crippen LogP contribution is -2.36. The lowest BCUT2D eigenvalue weighted by atomic mass is 9.93. The fourth-order valence-corrected chi connectivity index (χ4v) is 7.58. The zero-order valence-electron chi connectivity index (χ0n) is 38.1. The third-order valence-corrected chi connectivity index (χ3v) is 11.0. The molecule has 1 aliphatic heterocycles. The van der Waals surface area contributed by atoms with Crippen molar-refractivity contribution in [3.8, 4) is 11.8 Å². The van der Waals surface area contributed by atoms with Gasteiger partial charge in [0, 0.05) is 49.0 Å². The lowest BCUT2D eigenvalue weighted by molar-refractivity contribution is -0.137. The van der Waals surface area contributed by atoms with Crippen molar-refractivity contribution in [1.29, 1.82) is 0 Å². The van der Waals surface area contributed by atoms with E-state index >= 15 is 0 Å². The quantitative estimate of drug-likeness (QED) is 0.0630. The van der Waals surface area contributed by atoms with E-state index in [1.165, 1.54) is 68.6 Å². The van der Waals surface area contributed by atoms with E-state index in [-0.39, 0.29) is 58.1 Å². The first-order chi connectivity index (χ1) is 32.2. The number of amides is 5. The number of esters is 1. The number of carbonyl (C=O) groups is 5. The maximum Gasteiger partial charge on any atom is 0.349 e. The number of urea groups is 1. The van der Waals surface area contributed by atoms with Crippen molar-refractivity contribution in [2.45, 2.75) is 64.4 Å². The smallest absolute Gasteiger partial charge is 0.349 e. The Morgan fingerprint density at radius 3 is 2.06 bits per heavy atom. The molecule has 3 aromatic heterocycles. The van der Waals surface area contributed by atoms with Crippen LogP contribution in [0.15, 0.2) is 63.8 Å². The Hall–Kier alpha value is -6.69. The molecule has 0 saturated carbocycles. The minimum Gasteiger partial charge on any atom is -0.481 e. The first-order valence-corrected chi connectivity index (χ1v) is 23.2. The number of nitrogens with one attached hydrogen (secondary N) is 4. The van der Waals surface area contributed by atoms with Gasteiger partial charge in [-0.25, -0.2) is 24.2 Å². The number of sulfonamides is 1. The van der Waals surface area contributed by atoms with Gasteiger partial charge in [0.1, 0.15) is 5.03 Å². The lowest BCUT2D eigenvalue weighted by Gasteiger charge is -2.16. The van der Waals surface area contributed by atoms with Gasteiger partial charge in [-0.15, -0.1) is 0 Å². The van der Waals surface area contributed by atoms with Gasteiger partial charge in [0.05, 0.1) is 38.1 Å². The number of imide groups is 1. The molecule has 4 N–H and O–H groups in total. The second-order valence-electron chi connectivity index (χ2n) is 14.5. The van der Waals surface area contributed by atoms with Crippen molar-refractivity contribution in [1.82, 2.24) is 39.5 Å². The minimum atomic E-state index is -4.46. The molecule has 0 atom stereocenters. The molecule has 1 aromatic carbocycles. The number of methoxy groups -OCH3 is 2. The van der Waals surface area contributed by atoms with Crippen LogP contribution in [0, 0.1) is 0 Å². The third kappa shape index (κ3) is 14.7. The monoisotopic (exact) mass is 1020 g/mol. The van der Waals surface area contributed by atoms with Crippen molar-refractivity contribution in [2.75, 3.05) is 62.3 Å². The third-order valence-electron chi connectivity index (χ3n) is 8.95. The number of hydrogen-bond donors (Lipinski definition) is 4. The number of pyridine rings is 1. The molecule has 68 heavy (non-hydrogen) atoms. The number of hydrogen-bond acceptors (Lipinski definition) is 18. The van der Waals surface area contributed by atoms with E-state index in [1.807, 2.05) is 20.8 Å². The van der Waals surface area contributed by atoms with Crippen molar-refractivity contribution in [3.63, 3.8) is 0 Å². The van der Waals surface area contributed by atoms with Crippen molar-refractivity contribution >= 4 is 104 Å². The van der Waals surface area contributed by atoms with E-state index in [9.17, 15) is 32.4 Å². The molecule has 4 heterocycles. The predicted octanol–water partition coefficient (Wildman–Crippen LogP) is 6.10. The molecule has 1 aliphatic carbocycles. The molecule has 0 spiro atoms. The molecule has 0 radical (unpaired) electrons. The maximum atomic E-state index is 12.7. The van der Waals surface area contributed by atoms with Crippen LogP contribution in [0.25, 0.3) is 6.08 Å². The van der Waals surface area contributed by atoms with Crippen LogP contribution < -0.4 is 35.0 Å². The van der Waals surface area contributed by atoms with Gasteiger partial charge in [0.15, 0.2) is 5.03 Å². The first kappa shape index (κ1) is 53.9. The highest BCUT2D eigenvalue weighted by molar-refractivity contribution is 7.90. The molecule has 364 valence electrons. The predicted molar refractivity (Wildman–Crippen MR) is 254 cm³/mol. The zero-order valence-corrected chi connectivity index (χ0v) is 41.2. The highest BCUT2D eigenvalue weighted by Crippen LogP contribution is 2.37. The van der Waals surface area contributed by atoms with E-state index in [4.69, 9.17) is 49.0 Å². The molecule has 22 nitrogen and oxygen atoms in total. The van der Waals surface area contributed by atoms with E-state index in [2.05, 4.69) is 45.9 Å². The van der Waals surface area contributed by atoms with Gasteiger partial charge < -0.3 is 29.7 Å². The summed E-state index contributed by atoms with van der Waals surface area (Å²) >= 11 is 17.9. The molecule has 0 unspecified atom stereocenters. The van der Waals surface area contributed by atoms with Crippen LogP contribution >= 0.6 is 34.8 Å². The number of anilines is 4. The van der Waals surface area contributed by atoms with Crippen molar-refractivity contribution in [3.05, 3.63) is 80.2 Å². The Kier molecular flexibility index (Phi) is 19.7. The summed E-state index contributed by atoms with van der Waals surface area (Å²) in [5.74, 6) is -0.893. The summed E-state index contributed by atoms with van der Waals surface area (Å²) in [7, 11) is 1.15. The molecular weight excluding hydrogens is 971 g/mol. The van der Waals surface area contributed by atoms with E-state index in [1.54, 1.807) is 29.8 Å². The molecule has 0 fully saturated rings. The number of carbonyl (C=O) groups excluding carboxylic acids is 5. The second-order valence-corrected chi connectivity index (χ2v) is 17.3. The Balaban J connectivity index is 0.000000234. The van der Waals surface area contributed by atoms with Gasteiger partial charge >= 0.3 is 12.0 Å². The maximum absolute atomic E-state index is 12.7. The summed E-state index contributed by atoms with van der Waals surface area (Å²) in [4.78, 5) is 87.1. The summed E-state index contributed by atoms with van der Waals surface area (Å²) in [5.41, 5.74) is 1.86. The molecule has 2 aliphatic rings. The average Bonchev–Trinajstić information content (AvgIpc) is 3.54. The number of ether oxygens (including phenoxy) is 3. The van der Waals surface area contributed by atoms with Gasteiger partial charge in [0.25, 0.3) is 27.7 Å².